The number of carbonyl (C=O) groups excluding carboxylic acids is 1. The molecule has 0 aliphatic heterocycles. The van der Waals surface area contributed by atoms with Crippen molar-refractivity contribution < 1.29 is 24.2 Å². The molecule has 0 spiro atoms. The quantitative estimate of drug-likeness (QED) is 0.784. The van der Waals surface area contributed by atoms with Crippen LogP contribution in [0.25, 0.3) is 0 Å². The molecule has 1 unspecified atom stereocenters. The SMILES string of the molecule is CCOc1cc(C(=O)N(C)C(C)c2ccccc2)ccc1OCC(=O)O. The van der Waals surface area contributed by atoms with E-state index in [2.05, 4.69) is 0 Å². The molecule has 0 saturated carbocycles. The first-order chi connectivity index (χ1) is 12.4. The highest BCUT2D eigenvalue weighted by Crippen LogP contribution is 2.30. The Kier molecular flexibility index (Phi) is 6.60. The van der Waals surface area contributed by atoms with Crippen molar-refractivity contribution in [2.45, 2.75) is 19.9 Å². The van der Waals surface area contributed by atoms with Crippen LogP contribution in [0.4, 0.5) is 0 Å². The molecule has 6 heteroatoms. The minimum Gasteiger partial charge on any atom is -0.490 e. The highest BCUT2D eigenvalue weighted by atomic mass is 16.5. The van der Waals surface area contributed by atoms with E-state index in [1.165, 1.54) is 0 Å². The number of carbonyl (C=O) groups is 2. The van der Waals surface area contributed by atoms with Crippen molar-refractivity contribution in [1.82, 2.24) is 4.90 Å². The summed E-state index contributed by atoms with van der Waals surface area (Å²) >= 11 is 0. The molecule has 1 amide bonds. The lowest BCUT2D eigenvalue weighted by molar-refractivity contribution is -0.139. The molecule has 1 N–H and O–H groups in total. The Hall–Kier alpha value is -3.02. The lowest BCUT2D eigenvalue weighted by Crippen LogP contribution is -2.29. The van der Waals surface area contributed by atoms with Crippen LogP contribution in [0.5, 0.6) is 11.5 Å². The highest BCUT2D eigenvalue weighted by molar-refractivity contribution is 5.95. The highest BCUT2D eigenvalue weighted by Gasteiger charge is 2.20. The summed E-state index contributed by atoms with van der Waals surface area (Å²) in [6.45, 7) is 3.66. The van der Waals surface area contributed by atoms with Gasteiger partial charge in [0.15, 0.2) is 18.1 Å². The monoisotopic (exact) mass is 357 g/mol. The first-order valence-corrected chi connectivity index (χ1v) is 8.37. The van der Waals surface area contributed by atoms with Gasteiger partial charge in [-0.15, -0.1) is 0 Å². The van der Waals surface area contributed by atoms with E-state index in [1.807, 2.05) is 37.3 Å². The van der Waals surface area contributed by atoms with Gasteiger partial charge in [0.05, 0.1) is 12.6 Å². The maximum atomic E-state index is 12.8. The van der Waals surface area contributed by atoms with Crippen molar-refractivity contribution in [1.29, 1.82) is 0 Å². The maximum absolute atomic E-state index is 12.8. The number of benzene rings is 2. The van der Waals surface area contributed by atoms with Gasteiger partial charge in [0, 0.05) is 12.6 Å². The van der Waals surface area contributed by atoms with Gasteiger partial charge in [0.1, 0.15) is 0 Å². The Morgan fingerprint density at radius 3 is 2.38 bits per heavy atom. The van der Waals surface area contributed by atoms with Gasteiger partial charge in [0.2, 0.25) is 0 Å². The molecule has 6 nitrogen and oxygen atoms in total. The van der Waals surface area contributed by atoms with E-state index in [9.17, 15) is 9.59 Å². The molecule has 0 aromatic heterocycles. The van der Waals surface area contributed by atoms with Gasteiger partial charge in [-0.25, -0.2) is 4.79 Å². The summed E-state index contributed by atoms with van der Waals surface area (Å²) in [4.78, 5) is 25.2. The predicted molar refractivity (Wildman–Crippen MR) is 97.7 cm³/mol. The minimum absolute atomic E-state index is 0.0952. The standard InChI is InChI=1S/C20H23NO5/c1-4-25-18-12-16(10-11-17(18)26-13-19(22)23)20(24)21(3)14(2)15-8-6-5-7-9-15/h5-12,14H,4,13H2,1-3H3,(H,22,23). The van der Waals surface area contributed by atoms with E-state index in [0.29, 0.717) is 23.7 Å². The molecule has 0 bridgehead atoms. The summed E-state index contributed by atoms with van der Waals surface area (Å²) in [7, 11) is 1.75. The molecule has 0 aliphatic rings. The Morgan fingerprint density at radius 2 is 1.77 bits per heavy atom. The van der Waals surface area contributed by atoms with Crippen LogP contribution in [-0.4, -0.2) is 42.1 Å². The normalized spacial score (nSPS) is 11.5. The topological polar surface area (TPSA) is 76.1 Å². The van der Waals surface area contributed by atoms with E-state index in [4.69, 9.17) is 14.6 Å². The van der Waals surface area contributed by atoms with Crippen molar-refractivity contribution in [3.05, 3.63) is 59.7 Å². The van der Waals surface area contributed by atoms with Crippen molar-refractivity contribution in [3.8, 4) is 11.5 Å². The van der Waals surface area contributed by atoms with Gasteiger partial charge in [-0.05, 0) is 37.6 Å². The minimum atomic E-state index is -1.08. The van der Waals surface area contributed by atoms with Gasteiger partial charge >= 0.3 is 5.97 Å². The van der Waals surface area contributed by atoms with Crippen LogP contribution in [0.2, 0.25) is 0 Å². The summed E-state index contributed by atoms with van der Waals surface area (Å²) in [6, 6.07) is 14.4. The molecule has 0 heterocycles. The number of aliphatic carboxylic acids is 1. The van der Waals surface area contributed by atoms with Gasteiger partial charge in [-0.2, -0.15) is 0 Å². The van der Waals surface area contributed by atoms with Gasteiger partial charge in [-0.1, -0.05) is 30.3 Å². The van der Waals surface area contributed by atoms with Gasteiger partial charge in [0.25, 0.3) is 5.91 Å². The molecule has 2 aromatic carbocycles. The number of hydrogen-bond acceptors (Lipinski definition) is 4. The van der Waals surface area contributed by atoms with Crippen LogP contribution < -0.4 is 9.47 Å². The zero-order valence-electron chi connectivity index (χ0n) is 15.1. The zero-order chi connectivity index (χ0) is 19.1. The molecule has 26 heavy (non-hydrogen) atoms. The van der Waals surface area contributed by atoms with Crippen LogP contribution in [0, 0.1) is 0 Å². The second-order valence-electron chi connectivity index (χ2n) is 5.78. The molecule has 0 radical (unpaired) electrons. The Bertz CT molecular complexity index is 760. The second-order valence-corrected chi connectivity index (χ2v) is 5.78. The fourth-order valence-corrected chi connectivity index (χ4v) is 2.50. The van der Waals surface area contributed by atoms with Crippen LogP contribution in [0.15, 0.2) is 48.5 Å². The lowest BCUT2D eigenvalue weighted by Gasteiger charge is -2.25. The number of rotatable bonds is 8. The maximum Gasteiger partial charge on any atom is 0.341 e. The molecule has 0 fully saturated rings. The zero-order valence-corrected chi connectivity index (χ0v) is 15.1. The number of carboxylic acids is 1. The average molecular weight is 357 g/mol. The third kappa shape index (κ3) is 4.75. The first-order valence-electron chi connectivity index (χ1n) is 8.37. The Morgan fingerprint density at radius 1 is 1.08 bits per heavy atom. The summed E-state index contributed by atoms with van der Waals surface area (Å²) in [5.41, 5.74) is 1.48. The number of nitrogens with zero attached hydrogens (tertiary/aromatic N) is 1. The molecule has 2 rings (SSSR count). The number of hydrogen-bond donors (Lipinski definition) is 1. The van der Waals surface area contributed by atoms with E-state index in [0.717, 1.165) is 5.56 Å². The second kappa shape index (κ2) is 8.89. The van der Waals surface area contributed by atoms with E-state index >= 15 is 0 Å². The molecule has 0 saturated heterocycles. The van der Waals surface area contributed by atoms with Crippen LogP contribution in [0.3, 0.4) is 0 Å². The summed E-state index contributed by atoms with van der Waals surface area (Å²) in [6.07, 6.45) is 0. The van der Waals surface area contributed by atoms with E-state index in [-0.39, 0.29) is 11.9 Å². The van der Waals surface area contributed by atoms with Crippen LogP contribution >= 0.6 is 0 Å². The fraction of sp³-hybridized carbons (Fsp3) is 0.300. The van der Waals surface area contributed by atoms with Crippen molar-refractivity contribution in [3.63, 3.8) is 0 Å². The number of carboxylic acid groups (broad SMARTS) is 1. The van der Waals surface area contributed by atoms with E-state index < -0.39 is 12.6 Å². The predicted octanol–water partition coefficient (Wildman–Crippen LogP) is 3.38. The lowest BCUT2D eigenvalue weighted by atomic mass is 10.1. The van der Waals surface area contributed by atoms with Crippen molar-refractivity contribution in [2.24, 2.45) is 0 Å². The Balaban J connectivity index is 2.22. The Labute approximate surface area is 153 Å². The third-order valence-corrected chi connectivity index (χ3v) is 4.02. The van der Waals surface area contributed by atoms with E-state index in [1.54, 1.807) is 37.1 Å². The largest absolute Gasteiger partial charge is 0.490 e. The smallest absolute Gasteiger partial charge is 0.341 e. The van der Waals surface area contributed by atoms with Crippen molar-refractivity contribution in [2.75, 3.05) is 20.3 Å². The molecule has 138 valence electrons. The molecular formula is C20H23NO5. The molecular weight excluding hydrogens is 334 g/mol. The number of amides is 1. The van der Waals surface area contributed by atoms with Crippen LogP contribution in [-0.2, 0) is 4.79 Å². The first kappa shape index (κ1) is 19.3. The molecule has 0 aliphatic carbocycles. The number of ether oxygens (including phenoxy) is 2. The van der Waals surface area contributed by atoms with Gasteiger partial charge < -0.3 is 19.5 Å². The van der Waals surface area contributed by atoms with Gasteiger partial charge in [-0.3, -0.25) is 4.79 Å². The van der Waals surface area contributed by atoms with Crippen molar-refractivity contribution >= 4 is 11.9 Å². The molecule has 1 atom stereocenters. The summed E-state index contributed by atoms with van der Waals surface area (Å²) in [5, 5.41) is 8.75. The third-order valence-electron chi connectivity index (χ3n) is 4.02. The fourth-order valence-electron chi connectivity index (χ4n) is 2.50. The van der Waals surface area contributed by atoms with Crippen LogP contribution in [0.1, 0.15) is 35.8 Å². The molecule has 2 aromatic rings. The summed E-state index contributed by atoms with van der Waals surface area (Å²) in [5.74, 6) is -0.596. The summed E-state index contributed by atoms with van der Waals surface area (Å²) < 4.78 is 10.7. The average Bonchev–Trinajstić information content (AvgIpc) is 2.66.